The van der Waals surface area contributed by atoms with Gasteiger partial charge in [-0.3, -0.25) is 4.79 Å². The predicted octanol–water partition coefficient (Wildman–Crippen LogP) is 4.33. The fourth-order valence-corrected chi connectivity index (χ4v) is 1.97. The van der Waals surface area contributed by atoms with Crippen LogP contribution < -0.4 is 14.8 Å². The Hall–Kier alpha value is -2.63. The number of carbonyl (C=O) groups is 1. The molecule has 0 unspecified atom stereocenters. The number of rotatable bonds is 6. The molecular formula is C17H17F2NO3. The van der Waals surface area contributed by atoms with E-state index < -0.39 is 12.5 Å². The molecule has 0 aliphatic carbocycles. The van der Waals surface area contributed by atoms with Gasteiger partial charge in [0.25, 0.3) is 5.91 Å². The number of para-hydroxylation sites is 3. The van der Waals surface area contributed by atoms with Gasteiger partial charge in [-0.1, -0.05) is 24.3 Å². The van der Waals surface area contributed by atoms with Gasteiger partial charge in [-0.15, -0.1) is 0 Å². The lowest BCUT2D eigenvalue weighted by molar-refractivity contribution is -0.0501. The van der Waals surface area contributed by atoms with Gasteiger partial charge in [-0.2, -0.15) is 8.78 Å². The summed E-state index contributed by atoms with van der Waals surface area (Å²) in [6.45, 7) is 0.731. The van der Waals surface area contributed by atoms with Crippen molar-refractivity contribution in [2.24, 2.45) is 0 Å². The summed E-state index contributed by atoms with van der Waals surface area (Å²) in [5.41, 5.74) is 0.477. The molecule has 0 spiro atoms. The Balaban J connectivity index is 2.23. The minimum Gasteiger partial charge on any atom is -0.489 e. The summed E-state index contributed by atoms with van der Waals surface area (Å²) in [5.74, 6) is -0.230. The summed E-state index contributed by atoms with van der Waals surface area (Å²) in [6.07, 6.45) is -0.0671. The Morgan fingerprint density at radius 3 is 2.22 bits per heavy atom. The second-order valence-corrected chi connectivity index (χ2v) is 4.99. The molecule has 0 saturated heterocycles. The molecule has 6 heteroatoms. The van der Waals surface area contributed by atoms with E-state index in [1.165, 1.54) is 18.2 Å². The van der Waals surface area contributed by atoms with Crippen LogP contribution in [0.2, 0.25) is 0 Å². The van der Waals surface area contributed by atoms with Crippen molar-refractivity contribution in [2.45, 2.75) is 26.6 Å². The van der Waals surface area contributed by atoms with Crippen molar-refractivity contribution in [2.75, 3.05) is 5.32 Å². The van der Waals surface area contributed by atoms with Crippen LogP contribution in [0.4, 0.5) is 14.5 Å². The van der Waals surface area contributed by atoms with Gasteiger partial charge >= 0.3 is 6.61 Å². The first-order valence-electron chi connectivity index (χ1n) is 7.08. The van der Waals surface area contributed by atoms with Crippen LogP contribution in [0.3, 0.4) is 0 Å². The SMILES string of the molecule is CC(C)Oc1ccccc1NC(=O)c1ccccc1OC(F)F. The molecule has 2 rings (SSSR count). The van der Waals surface area contributed by atoms with Gasteiger partial charge in [0.2, 0.25) is 0 Å². The Kier molecular flexibility index (Phi) is 5.51. The first-order valence-corrected chi connectivity index (χ1v) is 7.08. The van der Waals surface area contributed by atoms with E-state index in [4.69, 9.17) is 4.74 Å². The van der Waals surface area contributed by atoms with E-state index >= 15 is 0 Å². The monoisotopic (exact) mass is 321 g/mol. The zero-order valence-corrected chi connectivity index (χ0v) is 12.8. The maximum Gasteiger partial charge on any atom is 0.387 e. The van der Waals surface area contributed by atoms with E-state index in [0.29, 0.717) is 11.4 Å². The number of amides is 1. The molecule has 2 aromatic carbocycles. The number of alkyl halides is 2. The fraction of sp³-hybridized carbons (Fsp3) is 0.235. The van der Waals surface area contributed by atoms with Crippen molar-refractivity contribution < 1.29 is 23.0 Å². The first-order chi connectivity index (χ1) is 11.0. The van der Waals surface area contributed by atoms with Gasteiger partial charge in [0.1, 0.15) is 11.5 Å². The molecule has 0 saturated carbocycles. The molecule has 0 bridgehead atoms. The van der Waals surface area contributed by atoms with Crippen LogP contribution in [-0.2, 0) is 0 Å². The van der Waals surface area contributed by atoms with Gasteiger partial charge in [-0.05, 0) is 38.1 Å². The van der Waals surface area contributed by atoms with E-state index in [2.05, 4.69) is 10.1 Å². The van der Waals surface area contributed by atoms with Crippen molar-refractivity contribution in [3.8, 4) is 11.5 Å². The normalized spacial score (nSPS) is 10.7. The smallest absolute Gasteiger partial charge is 0.387 e. The standard InChI is InChI=1S/C17H17F2NO3/c1-11(2)22-15-10-6-4-8-13(15)20-16(21)12-7-3-5-9-14(12)23-17(18)19/h3-11,17H,1-2H3,(H,20,21). The predicted molar refractivity (Wildman–Crippen MR) is 83.2 cm³/mol. The van der Waals surface area contributed by atoms with E-state index in [1.807, 2.05) is 13.8 Å². The Labute approximate surface area is 133 Å². The Morgan fingerprint density at radius 2 is 1.57 bits per heavy atom. The molecule has 1 N–H and O–H groups in total. The molecule has 0 heterocycles. The minimum absolute atomic E-state index is 0.0205. The van der Waals surface area contributed by atoms with Crippen LogP contribution in [0, 0.1) is 0 Å². The molecule has 0 radical (unpaired) electrons. The number of benzene rings is 2. The third-order valence-corrected chi connectivity index (χ3v) is 2.85. The quantitative estimate of drug-likeness (QED) is 0.861. The van der Waals surface area contributed by atoms with E-state index in [0.717, 1.165) is 0 Å². The van der Waals surface area contributed by atoms with Crippen LogP contribution in [0.1, 0.15) is 24.2 Å². The Morgan fingerprint density at radius 1 is 0.957 bits per heavy atom. The summed E-state index contributed by atoms with van der Waals surface area (Å²) in [4.78, 5) is 12.4. The lowest BCUT2D eigenvalue weighted by atomic mass is 10.2. The van der Waals surface area contributed by atoms with Crippen LogP contribution >= 0.6 is 0 Å². The highest BCUT2D eigenvalue weighted by Gasteiger charge is 2.17. The molecular weight excluding hydrogens is 304 g/mol. The van der Waals surface area contributed by atoms with Gasteiger partial charge in [0.15, 0.2) is 0 Å². The number of anilines is 1. The van der Waals surface area contributed by atoms with Crippen molar-refractivity contribution in [3.63, 3.8) is 0 Å². The summed E-state index contributed by atoms with van der Waals surface area (Å²) in [5, 5.41) is 2.66. The lowest BCUT2D eigenvalue weighted by Crippen LogP contribution is -2.16. The first kappa shape index (κ1) is 16.7. The van der Waals surface area contributed by atoms with Gasteiger partial charge in [-0.25, -0.2) is 0 Å². The van der Waals surface area contributed by atoms with Crippen molar-refractivity contribution >= 4 is 11.6 Å². The Bertz CT molecular complexity index is 674. The summed E-state index contributed by atoms with van der Waals surface area (Å²) in [6, 6.07) is 12.7. The summed E-state index contributed by atoms with van der Waals surface area (Å²) < 4.78 is 34.8. The maximum absolute atomic E-state index is 12.4. The third kappa shape index (κ3) is 4.67. The average molecular weight is 321 g/mol. The number of nitrogens with one attached hydrogen (secondary N) is 1. The zero-order chi connectivity index (χ0) is 16.8. The van der Waals surface area contributed by atoms with Gasteiger partial charge in [0, 0.05) is 0 Å². The molecule has 1 amide bonds. The minimum atomic E-state index is -3.00. The van der Waals surface area contributed by atoms with Crippen molar-refractivity contribution in [1.82, 2.24) is 0 Å². The highest BCUT2D eigenvalue weighted by molar-refractivity contribution is 6.06. The van der Waals surface area contributed by atoms with E-state index in [-0.39, 0.29) is 17.4 Å². The fourth-order valence-electron chi connectivity index (χ4n) is 1.97. The van der Waals surface area contributed by atoms with Crippen LogP contribution in [0.25, 0.3) is 0 Å². The van der Waals surface area contributed by atoms with Crippen LogP contribution in [0.15, 0.2) is 48.5 Å². The number of hydrogen-bond donors (Lipinski definition) is 1. The maximum atomic E-state index is 12.4. The largest absolute Gasteiger partial charge is 0.489 e. The third-order valence-electron chi connectivity index (χ3n) is 2.85. The molecule has 0 atom stereocenters. The number of carbonyl (C=O) groups excluding carboxylic acids is 1. The van der Waals surface area contributed by atoms with Gasteiger partial charge < -0.3 is 14.8 Å². The van der Waals surface area contributed by atoms with E-state index in [1.54, 1.807) is 30.3 Å². The zero-order valence-electron chi connectivity index (χ0n) is 12.8. The van der Waals surface area contributed by atoms with Crippen molar-refractivity contribution in [3.05, 3.63) is 54.1 Å². The second-order valence-electron chi connectivity index (χ2n) is 4.99. The molecule has 0 aromatic heterocycles. The van der Waals surface area contributed by atoms with Crippen molar-refractivity contribution in [1.29, 1.82) is 0 Å². The highest BCUT2D eigenvalue weighted by Crippen LogP contribution is 2.27. The summed E-state index contributed by atoms with van der Waals surface area (Å²) in [7, 11) is 0. The van der Waals surface area contributed by atoms with E-state index in [9.17, 15) is 13.6 Å². The van der Waals surface area contributed by atoms with Crippen LogP contribution in [-0.4, -0.2) is 18.6 Å². The average Bonchev–Trinajstić information content (AvgIpc) is 2.48. The highest BCUT2D eigenvalue weighted by atomic mass is 19.3. The molecule has 122 valence electrons. The van der Waals surface area contributed by atoms with Crippen LogP contribution in [0.5, 0.6) is 11.5 Å². The number of halogens is 2. The molecule has 4 nitrogen and oxygen atoms in total. The molecule has 0 aliphatic heterocycles. The molecule has 0 aliphatic rings. The summed E-state index contributed by atoms with van der Waals surface area (Å²) >= 11 is 0. The topological polar surface area (TPSA) is 47.6 Å². The number of ether oxygens (including phenoxy) is 2. The molecule has 23 heavy (non-hydrogen) atoms. The van der Waals surface area contributed by atoms with Gasteiger partial charge in [0.05, 0.1) is 17.4 Å². The number of hydrogen-bond acceptors (Lipinski definition) is 3. The second kappa shape index (κ2) is 7.58. The lowest BCUT2D eigenvalue weighted by Gasteiger charge is -2.15. The molecule has 0 fully saturated rings. The molecule has 2 aromatic rings.